The maximum Gasteiger partial charge on any atom is 0.340 e. The van der Waals surface area contributed by atoms with Gasteiger partial charge in [-0.15, -0.1) is 0 Å². The maximum absolute atomic E-state index is 11.7. The first-order valence-corrected chi connectivity index (χ1v) is 4.76. The molecule has 1 amide bonds. The Balaban J connectivity index is 3.21. The molecule has 0 bridgehead atoms. The van der Waals surface area contributed by atoms with E-state index >= 15 is 0 Å². The van der Waals surface area contributed by atoms with Crippen molar-refractivity contribution in [1.82, 2.24) is 4.90 Å². The van der Waals surface area contributed by atoms with Crippen molar-refractivity contribution in [3.05, 3.63) is 11.3 Å². The fourth-order valence-corrected chi connectivity index (χ4v) is 1.50. The van der Waals surface area contributed by atoms with Crippen LogP contribution in [0, 0.1) is 0 Å². The summed E-state index contributed by atoms with van der Waals surface area (Å²) in [4.78, 5) is 35.1. The monoisotopic (exact) mass is 227 g/mol. The van der Waals surface area contributed by atoms with Crippen molar-refractivity contribution in [3.8, 4) is 0 Å². The van der Waals surface area contributed by atoms with E-state index in [-0.39, 0.29) is 17.9 Å². The van der Waals surface area contributed by atoms with Crippen LogP contribution in [0.2, 0.25) is 0 Å². The smallest absolute Gasteiger partial charge is 0.340 e. The third-order valence-electron chi connectivity index (χ3n) is 2.30. The lowest BCUT2D eigenvalue weighted by atomic mass is 10.1. The van der Waals surface area contributed by atoms with Crippen molar-refractivity contribution in [2.45, 2.75) is 13.0 Å². The molecule has 88 valence electrons. The van der Waals surface area contributed by atoms with Crippen LogP contribution in [0.5, 0.6) is 0 Å². The lowest BCUT2D eigenvalue weighted by Gasteiger charge is -2.14. The lowest BCUT2D eigenvalue weighted by Crippen LogP contribution is -2.34. The van der Waals surface area contributed by atoms with Crippen molar-refractivity contribution >= 4 is 18.2 Å². The van der Waals surface area contributed by atoms with Crippen LogP contribution in [0.4, 0.5) is 0 Å². The number of carbonyl (C=O) groups excluding carboxylic acids is 3. The predicted octanol–water partition coefficient (Wildman–Crippen LogP) is -0.511. The molecular weight excluding hydrogens is 214 g/mol. The lowest BCUT2D eigenvalue weighted by molar-refractivity contribution is -0.137. The SMILES string of the molecule is CCOC1=C(C(=O)OC)C(C=O)N(C)C1=O. The number of carbonyl (C=O) groups is 3. The van der Waals surface area contributed by atoms with Gasteiger partial charge in [-0.2, -0.15) is 0 Å². The Morgan fingerprint density at radius 2 is 2.19 bits per heavy atom. The van der Waals surface area contributed by atoms with Crippen LogP contribution in [-0.2, 0) is 23.9 Å². The van der Waals surface area contributed by atoms with Crippen molar-refractivity contribution in [2.24, 2.45) is 0 Å². The molecule has 1 heterocycles. The molecule has 0 spiro atoms. The van der Waals surface area contributed by atoms with E-state index < -0.39 is 17.9 Å². The van der Waals surface area contributed by atoms with Crippen LogP contribution in [0.25, 0.3) is 0 Å². The second kappa shape index (κ2) is 4.78. The second-order valence-electron chi connectivity index (χ2n) is 3.16. The number of hydrogen-bond acceptors (Lipinski definition) is 5. The third-order valence-corrected chi connectivity index (χ3v) is 2.30. The summed E-state index contributed by atoms with van der Waals surface area (Å²) in [5, 5.41) is 0. The third kappa shape index (κ3) is 1.78. The van der Waals surface area contributed by atoms with E-state index in [0.29, 0.717) is 6.29 Å². The minimum absolute atomic E-state index is 0.0353. The number of aldehydes is 1. The highest BCUT2D eigenvalue weighted by Crippen LogP contribution is 2.25. The molecule has 1 aliphatic heterocycles. The first-order chi connectivity index (χ1) is 7.58. The van der Waals surface area contributed by atoms with Gasteiger partial charge in [0, 0.05) is 7.05 Å². The molecule has 6 nitrogen and oxygen atoms in total. The summed E-state index contributed by atoms with van der Waals surface area (Å²) in [6, 6.07) is -0.929. The molecule has 0 aromatic rings. The Labute approximate surface area is 92.8 Å². The molecule has 0 aromatic heterocycles. The van der Waals surface area contributed by atoms with Gasteiger partial charge < -0.3 is 19.2 Å². The number of ether oxygens (including phenoxy) is 2. The van der Waals surface area contributed by atoms with E-state index in [4.69, 9.17) is 4.74 Å². The minimum Gasteiger partial charge on any atom is -0.488 e. The summed E-state index contributed by atoms with van der Waals surface area (Å²) in [6.07, 6.45) is 0.510. The molecule has 0 fully saturated rings. The molecule has 0 N–H and O–H groups in total. The summed E-state index contributed by atoms with van der Waals surface area (Å²) in [5.41, 5.74) is -0.0353. The zero-order valence-corrected chi connectivity index (χ0v) is 9.35. The predicted molar refractivity (Wildman–Crippen MR) is 53.3 cm³/mol. The summed E-state index contributed by atoms with van der Waals surface area (Å²) in [5.74, 6) is -1.31. The largest absolute Gasteiger partial charge is 0.488 e. The van der Waals surface area contributed by atoms with Crippen LogP contribution in [0.1, 0.15) is 6.92 Å². The molecule has 6 heteroatoms. The van der Waals surface area contributed by atoms with Crippen molar-refractivity contribution in [2.75, 3.05) is 20.8 Å². The van der Waals surface area contributed by atoms with Gasteiger partial charge in [0.1, 0.15) is 17.9 Å². The molecule has 1 atom stereocenters. The number of nitrogens with zero attached hydrogens (tertiary/aromatic N) is 1. The highest BCUT2D eigenvalue weighted by atomic mass is 16.5. The second-order valence-corrected chi connectivity index (χ2v) is 3.16. The summed E-state index contributed by atoms with van der Waals surface area (Å²) in [7, 11) is 2.61. The Bertz CT molecular complexity index is 360. The van der Waals surface area contributed by atoms with Gasteiger partial charge in [0.05, 0.1) is 13.7 Å². The molecule has 0 aliphatic carbocycles. The van der Waals surface area contributed by atoms with E-state index in [1.54, 1.807) is 6.92 Å². The fraction of sp³-hybridized carbons (Fsp3) is 0.500. The van der Waals surface area contributed by atoms with E-state index in [1.807, 2.05) is 0 Å². The van der Waals surface area contributed by atoms with Gasteiger partial charge in [-0.1, -0.05) is 0 Å². The zero-order chi connectivity index (χ0) is 12.3. The highest BCUT2D eigenvalue weighted by molar-refractivity contribution is 6.09. The van der Waals surface area contributed by atoms with Crippen LogP contribution < -0.4 is 0 Å². The summed E-state index contributed by atoms with van der Waals surface area (Å²) >= 11 is 0. The van der Waals surface area contributed by atoms with Crippen LogP contribution in [0.15, 0.2) is 11.3 Å². The molecule has 16 heavy (non-hydrogen) atoms. The van der Waals surface area contributed by atoms with Gasteiger partial charge in [0.15, 0.2) is 5.76 Å². The van der Waals surface area contributed by atoms with E-state index in [0.717, 1.165) is 4.90 Å². The average molecular weight is 227 g/mol. The quantitative estimate of drug-likeness (QED) is 0.477. The number of esters is 1. The van der Waals surface area contributed by atoms with E-state index in [2.05, 4.69) is 4.74 Å². The number of hydrogen-bond donors (Lipinski definition) is 0. The molecular formula is C10H13NO5. The van der Waals surface area contributed by atoms with Crippen molar-refractivity contribution in [1.29, 1.82) is 0 Å². The van der Waals surface area contributed by atoms with Crippen molar-refractivity contribution in [3.63, 3.8) is 0 Å². The van der Waals surface area contributed by atoms with Crippen LogP contribution >= 0.6 is 0 Å². The first-order valence-electron chi connectivity index (χ1n) is 4.76. The van der Waals surface area contributed by atoms with E-state index in [1.165, 1.54) is 14.2 Å². The first kappa shape index (κ1) is 12.2. The van der Waals surface area contributed by atoms with Gasteiger partial charge in [0.2, 0.25) is 0 Å². The average Bonchev–Trinajstić information content (AvgIpc) is 2.53. The Kier molecular flexibility index (Phi) is 3.65. The molecule has 0 radical (unpaired) electrons. The number of likely N-dealkylation sites (N-methyl/N-ethyl adjacent to an activating group) is 1. The number of methoxy groups -OCH3 is 1. The Morgan fingerprint density at radius 3 is 2.62 bits per heavy atom. The van der Waals surface area contributed by atoms with Crippen molar-refractivity contribution < 1.29 is 23.9 Å². The normalized spacial score (nSPS) is 20.1. The summed E-state index contributed by atoms with van der Waals surface area (Å²) < 4.78 is 9.61. The highest BCUT2D eigenvalue weighted by Gasteiger charge is 2.42. The summed E-state index contributed by atoms with van der Waals surface area (Å²) in [6.45, 7) is 1.92. The molecule has 1 rings (SSSR count). The van der Waals surface area contributed by atoms with Gasteiger partial charge >= 0.3 is 5.97 Å². The maximum atomic E-state index is 11.7. The van der Waals surface area contributed by atoms with Gasteiger partial charge in [0.25, 0.3) is 5.91 Å². The van der Waals surface area contributed by atoms with Crippen LogP contribution in [0.3, 0.4) is 0 Å². The fourth-order valence-electron chi connectivity index (χ4n) is 1.50. The topological polar surface area (TPSA) is 72.9 Å². The van der Waals surface area contributed by atoms with Gasteiger partial charge in [-0.05, 0) is 6.92 Å². The Hall–Kier alpha value is -1.85. The van der Waals surface area contributed by atoms with Gasteiger partial charge in [-0.3, -0.25) is 4.79 Å². The standard InChI is InChI=1S/C10H13NO5/c1-4-16-8-7(10(14)15-3)6(5-12)11(2)9(8)13/h5-6H,4H2,1-3H3. The Morgan fingerprint density at radius 1 is 1.56 bits per heavy atom. The van der Waals surface area contributed by atoms with Gasteiger partial charge in [-0.25, -0.2) is 4.79 Å². The molecule has 0 saturated heterocycles. The number of amides is 1. The molecule has 1 aliphatic rings. The molecule has 0 saturated carbocycles. The van der Waals surface area contributed by atoms with E-state index in [9.17, 15) is 14.4 Å². The zero-order valence-electron chi connectivity index (χ0n) is 9.35. The molecule has 0 aromatic carbocycles. The number of rotatable bonds is 4. The molecule has 1 unspecified atom stereocenters. The minimum atomic E-state index is -0.929. The van der Waals surface area contributed by atoms with Crippen LogP contribution in [-0.4, -0.2) is 49.9 Å².